The summed E-state index contributed by atoms with van der Waals surface area (Å²) in [6.45, 7) is 4.45. The van der Waals surface area contributed by atoms with Crippen LogP contribution in [0.15, 0.2) is 18.3 Å². The van der Waals surface area contributed by atoms with Crippen molar-refractivity contribution in [3.63, 3.8) is 0 Å². The van der Waals surface area contributed by atoms with Gasteiger partial charge in [-0.05, 0) is 25.0 Å². The molecular formula is C12H17N3O. The van der Waals surface area contributed by atoms with Crippen molar-refractivity contribution in [2.45, 2.75) is 19.8 Å². The molecule has 0 atom stereocenters. The third kappa shape index (κ3) is 4.28. The molecule has 86 valence electrons. The molecule has 0 aliphatic rings. The molecule has 0 saturated carbocycles. The Bertz CT molecular complexity index is 346. The number of ether oxygens (including phenoxy) is 1. The van der Waals surface area contributed by atoms with Gasteiger partial charge in [-0.1, -0.05) is 6.92 Å². The first kappa shape index (κ1) is 12.5. The molecule has 1 aromatic rings. The maximum absolute atomic E-state index is 8.81. The zero-order chi connectivity index (χ0) is 11.6. The van der Waals surface area contributed by atoms with E-state index in [1.807, 2.05) is 12.1 Å². The molecular weight excluding hydrogens is 202 g/mol. The van der Waals surface area contributed by atoms with E-state index in [1.54, 1.807) is 6.20 Å². The first-order valence-electron chi connectivity index (χ1n) is 5.55. The van der Waals surface area contributed by atoms with Gasteiger partial charge in [0.15, 0.2) is 5.69 Å². The van der Waals surface area contributed by atoms with E-state index < -0.39 is 0 Å². The minimum Gasteiger partial charge on any atom is -0.383 e. The van der Waals surface area contributed by atoms with E-state index in [4.69, 9.17) is 10.00 Å². The second-order valence-corrected chi connectivity index (χ2v) is 3.40. The Balaban J connectivity index is 2.24. The number of aromatic nitrogens is 1. The zero-order valence-electron chi connectivity index (χ0n) is 9.57. The quantitative estimate of drug-likeness (QED) is 0.714. The van der Waals surface area contributed by atoms with E-state index in [1.165, 1.54) is 0 Å². The number of hydrogen-bond donors (Lipinski definition) is 1. The van der Waals surface area contributed by atoms with E-state index in [9.17, 15) is 0 Å². The third-order valence-electron chi connectivity index (χ3n) is 2.04. The van der Waals surface area contributed by atoms with Crippen molar-refractivity contribution in [2.24, 2.45) is 0 Å². The van der Waals surface area contributed by atoms with Gasteiger partial charge in [-0.3, -0.25) is 0 Å². The lowest BCUT2D eigenvalue weighted by atomic mass is 10.3. The fourth-order valence-corrected chi connectivity index (χ4v) is 1.28. The normalized spacial score (nSPS) is 9.75. The molecule has 0 radical (unpaired) electrons. The molecule has 0 aromatic carbocycles. The number of anilines is 1. The molecule has 0 saturated heterocycles. The van der Waals surface area contributed by atoms with E-state index in [0.717, 1.165) is 38.3 Å². The molecule has 0 bridgehead atoms. The molecule has 0 spiro atoms. The molecule has 1 heterocycles. The van der Waals surface area contributed by atoms with Crippen molar-refractivity contribution in [1.82, 2.24) is 4.98 Å². The van der Waals surface area contributed by atoms with Gasteiger partial charge in [0.1, 0.15) is 6.07 Å². The minimum absolute atomic E-state index is 0.442. The zero-order valence-corrected chi connectivity index (χ0v) is 9.57. The Morgan fingerprint density at radius 1 is 1.50 bits per heavy atom. The summed E-state index contributed by atoms with van der Waals surface area (Å²) in [5.74, 6) is 0. The lowest BCUT2D eigenvalue weighted by Gasteiger charge is -2.07. The lowest BCUT2D eigenvalue weighted by Crippen LogP contribution is -2.07. The Hall–Kier alpha value is -1.60. The van der Waals surface area contributed by atoms with Crippen molar-refractivity contribution >= 4 is 5.69 Å². The Labute approximate surface area is 96.3 Å². The van der Waals surface area contributed by atoms with Crippen molar-refractivity contribution in [3.8, 4) is 6.07 Å². The molecule has 4 nitrogen and oxygen atoms in total. The van der Waals surface area contributed by atoms with E-state index in [-0.39, 0.29) is 0 Å². The fraction of sp³-hybridized carbons (Fsp3) is 0.500. The summed E-state index contributed by atoms with van der Waals surface area (Å²) >= 11 is 0. The van der Waals surface area contributed by atoms with Crippen molar-refractivity contribution < 1.29 is 4.74 Å². The SMILES string of the molecule is CCCOCCCNc1cccnc1C#N. The second kappa shape index (κ2) is 7.66. The average Bonchev–Trinajstić information content (AvgIpc) is 2.34. The Morgan fingerprint density at radius 3 is 3.12 bits per heavy atom. The van der Waals surface area contributed by atoms with Gasteiger partial charge in [-0.15, -0.1) is 0 Å². The van der Waals surface area contributed by atoms with E-state index >= 15 is 0 Å². The van der Waals surface area contributed by atoms with Crippen molar-refractivity contribution in [1.29, 1.82) is 5.26 Å². The van der Waals surface area contributed by atoms with Gasteiger partial charge < -0.3 is 10.1 Å². The molecule has 4 heteroatoms. The molecule has 1 N–H and O–H groups in total. The molecule has 1 rings (SSSR count). The monoisotopic (exact) mass is 219 g/mol. The molecule has 16 heavy (non-hydrogen) atoms. The molecule has 0 amide bonds. The highest BCUT2D eigenvalue weighted by Gasteiger charge is 2.00. The van der Waals surface area contributed by atoms with Crippen LogP contribution in [-0.4, -0.2) is 24.7 Å². The highest BCUT2D eigenvalue weighted by atomic mass is 16.5. The van der Waals surface area contributed by atoms with Crippen LogP contribution in [0.4, 0.5) is 5.69 Å². The number of nitrogens with zero attached hydrogens (tertiary/aromatic N) is 2. The summed E-state index contributed by atoms with van der Waals surface area (Å²) in [7, 11) is 0. The summed E-state index contributed by atoms with van der Waals surface area (Å²) in [5, 5.41) is 12.0. The summed E-state index contributed by atoms with van der Waals surface area (Å²) in [6.07, 6.45) is 3.60. The predicted molar refractivity (Wildman–Crippen MR) is 63.2 cm³/mol. The van der Waals surface area contributed by atoms with Gasteiger partial charge >= 0.3 is 0 Å². The molecule has 0 aliphatic heterocycles. The number of pyridine rings is 1. The number of rotatable bonds is 7. The van der Waals surface area contributed by atoms with Gasteiger partial charge in [-0.2, -0.15) is 5.26 Å². The Kier molecular flexibility index (Phi) is 5.97. The van der Waals surface area contributed by atoms with Crippen LogP contribution < -0.4 is 5.32 Å². The van der Waals surface area contributed by atoms with Crippen LogP contribution in [0.2, 0.25) is 0 Å². The molecule has 0 unspecified atom stereocenters. The van der Waals surface area contributed by atoms with Gasteiger partial charge in [-0.25, -0.2) is 4.98 Å². The van der Waals surface area contributed by atoms with Crippen LogP contribution >= 0.6 is 0 Å². The fourth-order valence-electron chi connectivity index (χ4n) is 1.28. The van der Waals surface area contributed by atoms with Crippen LogP contribution in [0, 0.1) is 11.3 Å². The van der Waals surface area contributed by atoms with Crippen LogP contribution in [0.3, 0.4) is 0 Å². The summed E-state index contributed by atoms with van der Waals surface area (Å²) < 4.78 is 5.36. The number of hydrogen-bond acceptors (Lipinski definition) is 4. The smallest absolute Gasteiger partial charge is 0.163 e. The molecule has 0 fully saturated rings. The first-order chi connectivity index (χ1) is 7.88. The lowest BCUT2D eigenvalue weighted by molar-refractivity contribution is 0.134. The molecule has 1 aromatic heterocycles. The van der Waals surface area contributed by atoms with E-state index in [0.29, 0.717) is 5.69 Å². The van der Waals surface area contributed by atoms with Crippen LogP contribution in [0.1, 0.15) is 25.5 Å². The number of nitrogens with one attached hydrogen (secondary N) is 1. The summed E-state index contributed by atoms with van der Waals surface area (Å²) in [4.78, 5) is 3.97. The van der Waals surface area contributed by atoms with Crippen LogP contribution in [-0.2, 0) is 4.74 Å². The largest absolute Gasteiger partial charge is 0.383 e. The second-order valence-electron chi connectivity index (χ2n) is 3.40. The van der Waals surface area contributed by atoms with Crippen LogP contribution in [0.25, 0.3) is 0 Å². The highest BCUT2D eigenvalue weighted by molar-refractivity contribution is 5.53. The third-order valence-corrected chi connectivity index (χ3v) is 2.04. The average molecular weight is 219 g/mol. The van der Waals surface area contributed by atoms with Gasteiger partial charge in [0, 0.05) is 26.0 Å². The summed E-state index contributed by atoms with van der Waals surface area (Å²) in [6, 6.07) is 5.73. The van der Waals surface area contributed by atoms with Gasteiger partial charge in [0.2, 0.25) is 0 Å². The van der Waals surface area contributed by atoms with E-state index in [2.05, 4.69) is 23.3 Å². The minimum atomic E-state index is 0.442. The maximum Gasteiger partial charge on any atom is 0.163 e. The molecule has 0 aliphatic carbocycles. The van der Waals surface area contributed by atoms with Gasteiger partial charge in [0.05, 0.1) is 5.69 Å². The van der Waals surface area contributed by atoms with Crippen molar-refractivity contribution in [2.75, 3.05) is 25.1 Å². The summed E-state index contributed by atoms with van der Waals surface area (Å²) in [5.41, 5.74) is 1.23. The van der Waals surface area contributed by atoms with Crippen molar-refractivity contribution in [3.05, 3.63) is 24.0 Å². The highest BCUT2D eigenvalue weighted by Crippen LogP contribution is 2.10. The standard InChI is InChI=1S/C12H17N3O/c1-2-8-16-9-4-7-14-11-5-3-6-15-12(11)10-13/h3,5-6,14H,2,4,7-9H2,1H3. The van der Waals surface area contributed by atoms with Gasteiger partial charge in [0.25, 0.3) is 0 Å². The topological polar surface area (TPSA) is 57.9 Å². The Morgan fingerprint density at radius 2 is 2.38 bits per heavy atom. The maximum atomic E-state index is 8.81. The number of nitriles is 1. The van der Waals surface area contributed by atoms with Crippen LogP contribution in [0.5, 0.6) is 0 Å². The first-order valence-corrected chi connectivity index (χ1v) is 5.55. The predicted octanol–water partition coefficient (Wildman–Crippen LogP) is 2.18.